The van der Waals surface area contributed by atoms with Crippen molar-refractivity contribution in [3.63, 3.8) is 0 Å². The minimum Gasteiger partial charge on any atom is -0.381 e. The molecule has 2 amide bonds. The van der Waals surface area contributed by atoms with E-state index in [0.29, 0.717) is 36.0 Å². The van der Waals surface area contributed by atoms with Crippen LogP contribution in [-0.4, -0.2) is 31.6 Å². The topological polar surface area (TPSA) is 81.4 Å². The number of carbonyl (C=O) groups is 2. The summed E-state index contributed by atoms with van der Waals surface area (Å²) < 4.78 is 5.23. The summed E-state index contributed by atoms with van der Waals surface area (Å²) in [5.74, 6) is -0.666. The molecule has 3 N–H and O–H groups in total. The van der Waals surface area contributed by atoms with E-state index in [2.05, 4.69) is 5.32 Å². The predicted molar refractivity (Wildman–Crippen MR) is 73.3 cm³/mol. The van der Waals surface area contributed by atoms with Crippen molar-refractivity contribution in [1.29, 1.82) is 0 Å². The minimum atomic E-state index is -0.711. The van der Waals surface area contributed by atoms with Gasteiger partial charge in [-0.1, -0.05) is 11.6 Å². The molecule has 0 radical (unpaired) electrons. The molecule has 104 valence electrons. The summed E-state index contributed by atoms with van der Waals surface area (Å²) in [6.07, 6.45) is 1.06. The molecule has 0 aliphatic carbocycles. The predicted octanol–water partition coefficient (Wildman–Crippen LogP) is 1.41. The Morgan fingerprint density at radius 2 is 2.16 bits per heavy atom. The van der Waals surface area contributed by atoms with Gasteiger partial charge in [-0.05, 0) is 24.3 Å². The first-order valence-electron chi connectivity index (χ1n) is 5.94. The van der Waals surface area contributed by atoms with Crippen LogP contribution in [-0.2, 0) is 9.53 Å². The van der Waals surface area contributed by atoms with Crippen molar-refractivity contribution in [1.82, 2.24) is 5.32 Å². The molecule has 1 fully saturated rings. The van der Waals surface area contributed by atoms with Crippen molar-refractivity contribution in [2.75, 3.05) is 19.8 Å². The van der Waals surface area contributed by atoms with Crippen LogP contribution < -0.4 is 11.1 Å². The number of amides is 2. The molecule has 1 aliphatic rings. The van der Waals surface area contributed by atoms with E-state index in [1.807, 2.05) is 0 Å². The third kappa shape index (κ3) is 3.08. The molecule has 1 aliphatic heterocycles. The van der Waals surface area contributed by atoms with Gasteiger partial charge in [-0.2, -0.15) is 0 Å². The van der Waals surface area contributed by atoms with Crippen molar-refractivity contribution >= 4 is 34.8 Å². The first kappa shape index (κ1) is 14.3. The second kappa shape index (κ2) is 5.90. The number of halogens is 1. The Bertz CT molecular complexity index is 483. The Hall–Kier alpha value is -1.11. The van der Waals surface area contributed by atoms with Crippen LogP contribution >= 0.6 is 22.9 Å². The SMILES string of the molecule is NC(=O)C1(CNC(=O)c2sccc2Cl)CCOCC1. The van der Waals surface area contributed by atoms with Crippen LogP contribution in [0.1, 0.15) is 22.5 Å². The molecule has 1 aromatic rings. The molecule has 1 saturated heterocycles. The standard InChI is InChI=1S/C12H15ClN2O3S/c13-8-1-6-19-9(8)10(16)15-7-12(11(14)17)2-4-18-5-3-12/h1,6H,2-5,7H2,(H2,14,17)(H,15,16). The van der Waals surface area contributed by atoms with Gasteiger partial charge in [0, 0.05) is 19.8 Å². The number of nitrogens with two attached hydrogens (primary N) is 1. The molecule has 5 nitrogen and oxygen atoms in total. The molecule has 0 spiro atoms. The van der Waals surface area contributed by atoms with Gasteiger partial charge >= 0.3 is 0 Å². The molecule has 0 unspecified atom stereocenters. The van der Waals surface area contributed by atoms with Crippen molar-refractivity contribution < 1.29 is 14.3 Å². The van der Waals surface area contributed by atoms with E-state index in [1.165, 1.54) is 11.3 Å². The Morgan fingerprint density at radius 1 is 1.47 bits per heavy atom. The summed E-state index contributed by atoms with van der Waals surface area (Å²) in [6.45, 7) is 1.19. The van der Waals surface area contributed by atoms with Gasteiger partial charge in [-0.15, -0.1) is 11.3 Å². The summed E-state index contributed by atoms with van der Waals surface area (Å²) in [6, 6.07) is 1.67. The highest BCUT2D eigenvalue weighted by molar-refractivity contribution is 7.12. The fourth-order valence-corrected chi connectivity index (χ4v) is 3.12. The summed E-state index contributed by atoms with van der Waals surface area (Å²) in [5, 5.41) is 4.91. The molecule has 0 aromatic carbocycles. The maximum atomic E-state index is 12.0. The van der Waals surface area contributed by atoms with E-state index in [-0.39, 0.29) is 12.5 Å². The number of thiophene rings is 1. The van der Waals surface area contributed by atoms with Crippen molar-refractivity contribution in [2.24, 2.45) is 11.1 Å². The van der Waals surface area contributed by atoms with Crippen LogP contribution in [0.3, 0.4) is 0 Å². The third-order valence-electron chi connectivity index (χ3n) is 3.38. The Kier molecular flexibility index (Phi) is 4.44. The van der Waals surface area contributed by atoms with Gasteiger partial charge in [0.05, 0.1) is 10.4 Å². The number of nitrogens with one attached hydrogen (secondary N) is 1. The van der Waals surface area contributed by atoms with Crippen LogP contribution in [0.15, 0.2) is 11.4 Å². The molecule has 0 saturated carbocycles. The molecule has 1 aromatic heterocycles. The average molecular weight is 303 g/mol. The van der Waals surface area contributed by atoms with E-state index in [1.54, 1.807) is 11.4 Å². The molecular weight excluding hydrogens is 288 g/mol. The number of hydrogen-bond donors (Lipinski definition) is 2. The molecule has 2 heterocycles. The fourth-order valence-electron chi connectivity index (χ4n) is 2.06. The first-order valence-corrected chi connectivity index (χ1v) is 7.20. The lowest BCUT2D eigenvalue weighted by molar-refractivity contribution is -0.132. The number of hydrogen-bond acceptors (Lipinski definition) is 4. The minimum absolute atomic E-state index is 0.221. The zero-order valence-electron chi connectivity index (χ0n) is 10.3. The van der Waals surface area contributed by atoms with E-state index in [4.69, 9.17) is 22.1 Å². The van der Waals surface area contributed by atoms with Crippen LogP contribution in [0.4, 0.5) is 0 Å². The third-order valence-corrected chi connectivity index (χ3v) is 4.72. The van der Waals surface area contributed by atoms with Gasteiger partial charge in [-0.25, -0.2) is 0 Å². The highest BCUT2D eigenvalue weighted by Crippen LogP contribution is 2.30. The summed E-state index contributed by atoms with van der Waals surface area (Å²) >= 11 is 7.16. The second-order valence-corrected chi connectivity index (χ2v) is 5.86. The molecule has 7 heteroatoms. The Labute approximate surface area is 120 Å². The van der Waals surface area contributed by atoms with Gasteiger partial charge in [0.15, 0.2) is 0 Å². The normalized spacial score (nSPS) is 17.9. The van der Waals surface area contributed by atoms with Crippen LogP contribution in [0, 0.1) is 5.41 Å². The largest absolute Gasteiger partial charge is 0.381 e. The van der Waals surface area contributed by atoms with Crippen LogP contribution in [0.5, 0.6) is 0 Å². The smallest absolute Gasteiger partial charge is 0.262 e. The summed E-state index contributed by atoms with van der Waals surface area (Å²) in [7, 11) is 0. The second-order valence-electron chi connectivity index (χ2n) is 4.54. The molecule has 0 atom stereocenters. The van der Waals surface area contributed by atoms with Crippen molar-refractivity contribution in [3.8, 4) is 0 Å². The maximum absolute atomic E-state index is 12.0. The average Bonchev–Trinajstić information content (AvgIpc) is 2.83. The van der Waals surface area contributed by atoms with Crippen molar-refractivity contribution in [3.05, 3.63) is 21.3 Å². The maximum Gasteiger partial charge on any atom is 0.262 e. The highest BCUT2D eigenvalue weighted by atomic mass is 35.5. The van der Waals surface area contributed by atoms with E-state index in [0.717, 1.165) is 0 Å². The van der Waals surface area contributed by atoms with Crippen LogP contribution in [0.25, 0.3) is 0 Å². The van der Waals surface area contributed by atoms with Gasteiger partial charge in [0.25, 0.3) is 5.91 Å². The molecule has 2 rings (SSSR count). The monoisotopic (exact) mass is 302 g/mol. The first-order chi connectivity index (χ1) is 9.05. The lowest BCUT2D eigenvalue weighted by Crippen LogP contribution is -2.49. The van der Waals surface area contributed by atoms with Gasteiger partial charge in [-0.3, -0.25) is 9.59 Å². The zero-order valence-corrected chi connectivity index (χ0v) is 11.9. The van der Waals surface area contributed by atoms with Gasteiger partial charge in [0.1, 0.15) is 4.88 Å². The lowest BCUT2D eigenvalue weighted by Gasteiger charge is -2.34. The molecular formula is C12H15ClN2O3S. The number of rotatable bonds is 4. The number of ether oxygens (including phenoxy) is 1. The number of carbonyl (C=O) groups excluding carboxylic acids is 2. The highest BCUT2D eigenvalue weighted by Gasteiger charge is 2.38. The van der Waals surface area contributed by atoms with E-state index < -0.39 is 11.3 Å². The van der Waals surface area contributed by atoms with Gasteiger partial charge in [0.2, 0.25) is 5.91 Å². The summed E-state index contributed by atoms with van der Waals surface area (Å²) in [5.41, 5.74) is 4.76. The quantitative estimate of drug-likeness (QED) is 0.882. The van der Waals surface area contributed by atoms with Gasteiger partial charge < -0.3 is 15.8 Å². The van der Waals surface area contributed by atoms with E-state index >= 15 is 0 Å². The summed E-state index contributed by atoms with van der Waals surface area (Å²) in [4.78, 5) is 24.1. The van der Waals surface area contributed by atoms with Crippen molar-refractivity contribution in [2.45, 2.75) is 12.8 Å². The molecule has 0 bridgehead atoms. The lowest BCUT2D eigenvalue weighted by atomic mass is 9.79. The molecule has 19 heavy (non-hydrogen) atoms. The Morgan fingerprint density at radius 3 is 2.68 bits per heavy atom. The van der Waals surface area contributed by atoms with Crippen LogP contribution in [0.2, 0.25) is 5.02 Å². The fraction of sp³-hybridized carbons (Fsp3) is 0.500. The Balaban J connectivity index is 2.02. The zero-order chi connectivity index (χ0) is 13.9. The van der Waals surface area contributed by atoms with E-state index in [9.17, 15) is 9.59 Å². The number of primary amides is 1.